The fourth-order valence-electron chi connectivity index (χ4n) is 3.07. The van der Waals surface area contributed by atoms with Crippen molar-refractivity contribution in [3.63, 3.8) is 0 Å². The number of carbonyl (C=O) groups excluding carboxylic acids is 1. The third kappa shape index (κ3) is 2.47. The monoisotopic (exact) mass is 326 g/mol. The van der Waals surface area contributed by atoms with E-state index in [2.05, 4.69) is 25.7 Å². The summed E-state index contributed by atoms with van der Waals surface area (Å²) in [5, 5.41) is 13.5. The standard InChI is InChI=1S/C17H17N5O2/c1-9-14(8-18-21-9)17(23)20-15-6-4-11-7-12(3-5-13(11)15)16-19-10(2)24-22-16/h3,5,7-8,15H,4,6H2,1-2H3,(H,18,21)(H,20,23)/t15-/m1/s1/i2D3. The van der Waals surface area contributed by atoms with Gasteiger partial charge in [-0.25, -0.2) is 0 Å². The molecule has 1 amide bonds. The van der Waals surface area contributed by atoms with Gasteiger partial charge in [0.05, 0.1) is 17.3 Å². The Morgan fingerprint density at radius 1 is 1.50 bits per heavy atom. The van der Waals surface area contributed by atoms with Gasteiger partial charge in [-0.15, -0.1) is 0 Å². The smallest absolute Gasteiger partial charge is 0.255 e. The van der Waals surface area contributed by atoms with Gasteiger partial charge in [-0.1, -0.05) is 17.3 Å². The highest BCUT2D eigenvalue weighted by Gasteiger charge is 2.26. The van der Waals surface area contributed by atoms with Crippen LogP contribution in [0.5, 0.6) is 0 Å². The number of nitrogens with one attached hydrogen (secondary N) is 2. The van der Waals surface area contributed by atoms with Gasteiger partial charge >= 0.3 is 0 Å². The van der Waals surface area contributed by atoms with Crippen LogP contribution in [0.25, 0.3) is 11.4 Å². The molecule has 7 heteroatoms. The molecule has 4 rings (SSSR count). The minimum atomic E-state index is -2.43. The number of aryl methyl sites for hydroxylation is 3. The fraction of sp³-hybridized carbons (Fsp3) is 0.294. The lowest BCUT2D eigenvalue weighted by Crippen LogP contribution is -2.27. The minimum Gasteiger partial charge on any atom is -0.345 e. The summed E-state index contributed by atoms with van der Waals surface area (Å²) in [7, 11) is 0. The average molecular weight is 326 g/mol. The van der Waals surface area contributed by atoms with Crippen molar-refractivity contribution in [2.24, 2.45) is 0 Å². The van der Waals surface area contributed by atoms with Gasteiger partial charge < -0.3 is 9.84 Å². The molecule has 0 saturated carbocycles. The zero-order chi connectivity index (χ0) is 19.2. The largest absolute Gasteiger partial charge is 0.345 e. The Labute approximate surface area is 142 Å². The zero-order valence-electron chi connectivity index (χ0n) is 16.0. The first-order valence-electron chi connectivity index (χ1n) is 9.11. The number of fused-ring (bicyclic) bond motifs is 1. The third-order valence-corrected chi connectivity index (χ3v) is 4.29. The maximum Gasteiger partial charge on any atom is 0.255 e. The molecule has 0 radical (unpaired) electrons. The van der Waals surface area contributed by atoms with Crippen LogP contribution in [0.1, 0.15) is 49.6 Å². The zero-order valence-corrected chi connectivity index (χ0v) is 13.0. The second-order valence-electron chi connectivity index (χ2n) is 5.79. The average Bonchev–Trinajstić information content (AvgIpc) is 3.33. The Kier molecular flexibility index (Phi) is 2.69. The number of hydrogen-bond donors (Lipinski definition) is 2. The number of benzene rings is 1. The van der Waals surface area contributed by atoms with Gasteiger partial charge in [-0.3, -0.25) is 9.89 Å². The van der Waals surface area contributed by atoms with Gasteiger partial charge in [0.2, 0.25) is 11.7 Å². The number of amides is 1. The van der Waals surface area contributed by atoms with E-state index in [1.807, 2.05) is 12.1 Å². The van der Waals surface area contributed by atoms with Gasteiger partial charge in [-0.2, -0.15) is 10.1 Å². The predicted molar refractivity (Wildman–Crippen MR) is 86.3 cm³/mol. The summed E-state index contributed by atoms with van der Waals surface area (Å²) in [5.74, 6) is -0.298. The molecule has 0 saturated heterocycles. The molecule has 1 aliphatic carbocycles. The summed E-state index contributed by atoms with van der Waals surface area (Å²) < 4.78 is 26.8. The molecule has 0 fully saturated rings. The lowest BCUT2D eigenvalue weighted by molar-refractivity contribution is 0.0936. The summed E-state index contributed by atoms with van der Waals surface area (Å²) in [4.78, 5) is 16.4. The first-order valence-corrected chi connectivity index (χ1v) is 7.61. The highest BCUT2D eigenvalue weighted by molar-refractivity contribution is 5.95. The van der Waals surface area contributed by atoms with E-state index < -0.39 is 6.85 Å². The van der Waals surface area contributed by atoms with Crippen molar-refractivity contribution < 1.29 is 13.4 Å². The fourth-order valence-corrected chi connectivity index (χ4v) is 3.07. The first-order chi connectivity index (χ1) is 12.8. The van der Waals surface area contributed by atoms with Crippen molar-refractivity contribution in [3.05, 3.63) is 52.7 Å². The van der Waals surface area contributed by atoms with Crippen molar-refractivity contribution in [2.75, 3.05) is 0 Å². The molecule has 2 aromatic heterocycles. The SMILES string of the molecule is [2H]C([2H])([2H])c1nc(-c2ccc3c(c2)CC[C@H]3NC(=O)c2c[nH]nc2C)no1. The molecule has 0 spiro atoms. The molecule has 0 bridgehead atoms. The Morgan fingerprint density at radius 2 is 2.42 bits per heavy atom. The van der Waals surface area contributed by atoms with Gasteiger partial charge in [0.1, 0.15) is 0 Å². The molecule has 122 valence electrons. The van der Waals surface area contributed by atoms with E-state index >= 15 is 0 Å². The second kappa shape index (κ2) is 5.59. The van der Waals surface area contributed by atoms with Crippen LogP contribution in [0, 0.1) is 13.8 Å². The molecular formula is C17H17N5O2. The molecule has 2 N–H and O–H groups in total. The number of rotatable bonds is 3. The van der Waals surface area contributed by atoms with E-state index in [1.165, 1.54) is 0 Å². The Balaban J connectivity index is 1.55. The summed E-state index contributed by atoms with van der Waals surface area (Å²) >= 11 is 0. The van der Waals surface area contributed by atoms with Crippen LogP contribution in [0.3, 0.4) is 0 Å². The molecule has 0 unspecified atom stereocenters. The summed E-state index contributed by atoms with van der Waals surface area (Å²) in [6.45, 7) is -0.651. The van der Waals surface area contributed by atoms with Crippen molar-refractivity contribution in [1.82, 2.24) is 25.7 Å². The van der Waals surface area contributed by atoms with Crippen LogP contribution >= 0.6 is 0 Å². The molecule has 7 nitrogen and oxygen atoms in total. The van der Waals surface area contributed by atoms with E-state index in [-0.39, 0.29) is 23.7 Å². The van der Waals surface area contributed by atoms with Crippen LogP contribution in [-0.2, 0) is 6.42 Å². The highest BCUT2D eigenvalue weighted by Crippen LogP contribution is 2.33. The van der Waals surface area contributed by atoms with Crippen molar-refractivity contribution >= 4 is 5.91 Å². The van der Waals surface area contributed by atoms with Gasteiger partial charge in [0, 0.05) is 22.7 Å². The van der Waals surface area contributed by atoms with Gasteiger partial charge in [-0.05, 0) is 37.0 Å². The molecular weight excluding hydrogens is 306 g/mol. The lowest BCUT2D eigenvalue weighted by atomic mass is 10.0. The number of H-pyrrole nitrogens is 1. The number of hydrogen-bond acceptors (Lipinski definition) is 5. The summed E-state index contributed by atoms with van der Waals surface area (Å²) in [6.07, 6.45) is 3.17. The van der Waals surface area contributed by atoms with E-state index in [1.54, 1.807) is 19.2 Å². The van der Waals surface area contributed by atoms with Gasteiger partial charge in [0.15, 0.2) is 0 Å². The maximum atomic E-state index is 12.4. The van der Waals surface area contributed by atoms with E-state index in [9.17, 15) is 4.79 Å². The Bertz CT molecular complexity index is 1010. The second-order valence-corrected chi connectivity index (χ2v) is 5.79. The minimum absolute atomic E-state index is 0.0842. The Morgan fingerprint density at radius 3 is 3.17 bits per heavy atom. The number of aromatic nitrogens is 4. The van der Waals surface area contributed by atoms with Crippen LogP contribution in [0.15, 0.2) is 28.9 Å². The number of nitrogens with zero attached hydrogens (tertiary/aromatic N) is 3. The topological polar surface area (TPSA) is 96.7 Å². The number of aromatic amines is 1. The van der Waals surface area contributed by atoms with Crippen molar-refractivity contribution in [3.8, 4) is 11.4 Å². The van der Waals surface area contributed by atoms with E-state index in [0.29, 0.717) is 16.8 Å². The summed E-state index contributed by atoms with van der Waals surface area (Å²) in [6, 6.07) is 5.55. The molecule has 1 atom stereocenters. The quantitative estimate of drug-likeness (QED) is 0.771. The number of carbonyl (C=O) groups is 1. The lowest BCUT2D eigenvalue weighted by Gasteiger charge is -2.14. The van der Waals surface area contributed by atoms with Gasteiger partial charge in [0.25, 0.3) is 5.91 Å². The van der Waals surface area contributed by atoms with Crippen molar-refractivity contribution in [2.45, 2.75) is 32.7 Å². The van der Waals surface area contributed by atoms with Crippen molar-refractivity contribution in [1.29, 1.82) is 0 Å². The van der Waals surface area contributed by atoms with Crippen LogP contribution in [-0.4, -0.2) is 26.2 Å². The molecule has 24 heavy (non-hydrogen) atoms. The van der Waals surface area contributed by atoms with Crippen LogP contribution in [0.2, 0.25) is 0 Å². The Hall–Kier alpha value is -2.96. The molecule has 1 aromatic carbocycles. The first kappa shape index (κ1) is 11.6. The normalized spacial score (nSPS) is 18.5. The summed E-state index contributed by atoms with van der Waals surface area (Å²) in [5.41, 5.74) is 3.98. The van der Waals surface area contributed by atoms with E-state index in [0.717, 1.165) is 24.0 Å². The molecule has 0 aliphatic heterocycles. The van der Waals surface area contributed by atoms with Crippen LogP contribution < -0.4 is 5.32 Å². The van der Waals surface area contributed by atoms with E-state index in [4.69, 9.17) is 8.64 Å². The molecule has 2 heterocycles. The van der Waals surface area contributed by atoms with Crippen LogP contribution in [0.4, 0.5) is 0 Å². The molecule has 3 aromatic rings. The maximum absolute atomic E-state index is 12.4. The highest BCUT2D eigenvalue weighted by atomic mass is 16.5. The molecule has 1 aliphatic rings. The third-order valence-electron chi connectivity index (χ3n) is 4.29. The predicted octanol–water partition coefficient (Wildman–Crippen LogP) is 2.49.